The molecule has 96 valence electrons. The van der Waals surface area contributed by atoms with Crippen molar-refractivity contribution < 1.29 is 9.90 Å². The highest BCUT2D eigenvalue weighted by Crippen LogP contribution is 2.06. The maximum Gasteiger partial charge on any atom is 0.231 e. The van der Waals surface area contributed by atoms with E-state index in [1.165, 1.54) is 0 Å². The Morgan fingerprint density at radius 3 is 2.94 bits per heavy atom. The highest BCUT2D eigenvalue weighted by molar-refractivity contribution is 5.75. The van der Waals surface area contributed by atoms with Crippen molar-refractivity contribution in [2.24, 2.45) is 5.73 Å². The smallest absolute Gasteiger partial charge is 0.231 e. The fraction of sp³-hybridized carbons (Fsp3) is 0.357. The SMILES string of the molecule is CN(CC(N)=O)Cc1cccc(C#CCCO)c1. The van der Waals surface area contributed by atoms with E-state index in [2.05, 4.69) is 11.8 Å². The van der Waals surface area contributed by atoms with E-state index in [9.17, 15) is 4.79 Å². The standard InChI is InChI=1S/C14H18N2O2/c1-16(11-14(15)18)10-13-7-4-6-12(9-13)5-2-3-8-17/h4,6-7,9,17H,3,8,10-11H2,1H3,(H2,15,18). The fourth-order valence-electron chi connectivity index (χ4n) is 1.60. The summed E-state index contributed by atoms with van der Waals surface area (Å²) >= 11 is 0. The predicted molar refractivity (Wildman–Crippen MR) is 70.6 cm³/mol. The molecule has 0 bridgehead atoms. The largest absolute Gasteiger partial charge is 0.395 e. The van der Waals surface area contributed by atoms with Crippen LogP contribution in [0.3, 0.4) is 0 Å². The van der Waals surface area contributed by atoms with Crippen LogP contribution in [0.25, 0.3) is 0 Å². The number of nitrogens with two attached hydrogens (primary N) is 1. The van der Waals surface area contributed by atoms with Gasteiger partial charge in [0, 0.05) is 18.5 Å². The number of primary amides is 1. The number of carbonyl (C=O) groups excluding carboxylic acids is 1. The number of likely N-dealkylation sites (N-methyl/N-ethyl adjacent to an activating group) is 1. The second kappa shape index (κ2) is 7.49. The number of hydrogen-bond acceptors (Lipinski definition) is 3. The lowest BCUT2D eigenvalue weighted by atomic mass is 10.1. The summed E-state index contributed by atoms with van der Waals surface area (Å²) in [6.07, 6.45) is 0.478. The molecule has 0 saturated heterocycles. The number of nitrogens with zero attached hydrogens (tertiary/aromatic N) is 1. The molecule has 0 saturated carbocycles. The Morgan fingerprint density at radius 1 is 1.50 bits per heavy atom. The third-order valence-corrected chi connectivity index (χ3v) is 2.27. The fourth-order valence-corrected chi connectivity index (χ4v) is 1.60. The number of amides is 1. The molecule has 0 spiro atoms. The lowest BCUT2D eigenvalue weighted by molar-refractivity contribution is -0.118. The first-order valence-corrected chi connectivity index (χ1v) is 5.77. The zero-order valence-corrected chi connectivity index (χ0v) is 10.5. The van der Waals surface area contributed by atoms with Gasteiger partial charge >= 0.3 is 0 Å². The molecule has 1 aromatic rings. The van der Waals surface area contributed by atoms with E-state index in [0.717, 1.165) is 11.1 Å². The predicted octanol–water partition coefficient (Wildman–Crippen LogP) is 0.338. The van der Waals surface area contributed by atoms with Gasteiger partial charge in [-0.3, -0.25) is 9.69 Å². The average molecular weight is 246 g/mol. The molecule has 0 atom stereocenters. The molecule has 1 amide bonds. The first-order valence-electron chi connectivity index (χ1n) is 5.77. The van der Waals surface area contributed by atoms with Crippen LogP contribution in [0.5, 0.6) is 0 Å². The van der Waals surface area contributed by atoms with E-state index in [0.29, 0.717) is 13.0 Å². The molecule has 4 heteroatoms. The zero-order valence-electron chi connectivity index (χ0n) is 10.5. The van der Waals surface area contributed by atoms with Crippen LogP contribution in [-0.2, 0) is 11.3 Å². The molecular formula is C14H18N2O2. The maximum absolute atomic E-state index is 10.8. The molecule has 1 aromatic carbocycles. The number of carbonyl (C=O) groups is 1. The topological polar surface area (TPSA) is 66.6 Å². The third kappa shape index (κ3) is 5.48. The van der Waals surface area contributed by atoms with E-state index in [1.54, 1.807) is 0 Å². The summed E-state index contributed by atoms with van der Waals surface area (Å²) in [5.41, 5.74) is 7.12. The van der Waals surface area contributed by atoms with Crippen LogP contribution in [0.2, 0.25) is 0 Å². The quantitative estimate of drug-likeness (QED) is 0.736. The Balaban J connectivity index is 2.65. The monoisotopic (exact) mass is 246 g/mol. The van der Waals surface area contributed by atoms with Crippen molar-refractivity contribution in [2.45, 2.75) is 13.0 Å². The highest BCUT2D eigenvalue weighted by atomic mass is 16.2. The molecule has 0 aliphatic heterocycles. The van der Waals surface area contributed by atoms with Crippen molar-refractivity contribution >= 4 is 5.91 Å². The Hall–Kier alpha value is -1.83. The van der Waals surface area contributed by atoms with Crippen LogP contribution < -0.4 is 5.73 Å². The summed E-state index contributed by atoms with van der Waals surface area (Å²) in [6, 6.07) is 7.80. The third-order valence-electron chi connectivity index (χ3n) is 2.27. The Bertz CT molecular complexity index is 460. The molecule has 3 N–H and O–H groups in total. The van der Waals surface area contributed by atoms with Gasteiger partial charge in [-0.25, -0.2) is 0 Å². The number of rotatable bonds is 5. The normalized spacial score (nSPS) is 9.94. The average Bonchev–Trinajstić information content (AvgIpc) is 2.28. The lowest BCUT2D eigenvalue weighted by Crippen LogP contribution is -2.30. The molecule has 0 aliphatic carbocycles. The van der Waals surface area contributed by atoms with Gasteiger partial charge in [-0.1, -0.05) is 24.0 Å². The molecule has 0 aromatic heterocycles. The van der Waals surface area contributed by atoms with Gasteiger partial charge in [0.25, 0.3) is 0 Å². The van der Waals surface area contributed by atoms with E-state index >= 15 is 0 Å². The van der Waals surface area contributed by atoms with E-state index in [1.807, 2.05) is 36.2 Å². The van der Waals surface area contributed by atoms with E-state index < -0.39 is 0 Å². The second-order valence-electron chi connectivity index (χ2n) is 4.11. The van der Waals surface area contributed by atoms with Gasteiger partial charge in [-0.15, -0.1) is 0 Å². The number of benzene rings is 1. The minimum Gasteiger partial charge on any atom is -0.395 e. The van der Waals surface area contributed by atoms with Gasteiger partial charge in [0.2, 0.25) is 5.91 Å². The van der Waals surface area contributed by atoms with Gasteiger partial charge in [0.1, 0.15) is 0 Å². The van der Waals surface area contributed by atoms with Crippen LogP contribution in [0.15, 0.2) is 24.3 Å². The summed E-state index contributed by atoms with van der Waals surface area (Å²) in [7, 11) is 1.84. The molecule has 0 fully saturated rings. The Kier molecular flexibility index (Phi) is 5.92. The zero-order chi connectivity index (χ0) is 13.4. The number of hydrogen-bond donors (Lipinski definition) is 2. The summed E-state index contributed by atoms with van der Waals surface area (Å²) in [6.45, 7) is 0.965. The van der Waals surface area contributed by atoms with Crippen molar-refractivity contribution in [3.8, 4) is 11.8 Å². The molecule has 0 radical (unpaired) electrons. The maximum atomic E-state index is 10.8. The molecule has 4 nitrogen and oxygen atoms in total. The van der Waals surface area contributed by atoms with Gasteiger partial charge in [-0.05, 0) is 24.7 Å². The van der Waals surface area contributed by atoms with Gasteiger partial charge in [-0.2, -0.15) is 0 Å². The van der Waals surface area contributed by atoms with Crippen molar-refractivity contribution in [3.05, 3.63) is 35.4 Å². The minimum absolute atomic E-state index is 0.0774. The van der Waals surface area contributed by atoms with E-state index in [-0.39, 0.29) is 19.1 Å². The summed E-state index contributed by atoms with van der Waals surface area (Å²) in [4.78, 5) is 12.6. The number of aliphatic hydroxyl groups is 1. The summed E-state index contributed by atoms with van der Waals surface area (Å²) in [5, 5.41) is 8.65. The van der Waals surface area contributed by atoms with Crippen molar-refractivity contribution in [3.63, 3.8) is 0 Å². The van der Waals surface area contributed by atoms with Crippen molar-refractivity contribution in [1.82, 2.24) is 4.90 Å². The molecule has 0 aliphatic rings. The second-order valence-corrected chi connectivity index (χ2v) is 4.11. The van der Waals surface area contributed by atoms with Crippen LogP contribution in [0.1, 0.15) is 17.5 Å². The molecule has 1 rings (SSSR count). The summed E-state index contributed by atoms with van der Waals surface area (Å²) in [5.74, 6) is 5.52. The molecule has 18 heavy (non-hydrogen) atoms. The van der Waals surface area contributed by atoms with Crippen LogP contribution >= 0.6 is 0 Å². The molecular weight excluding hydrogens is 228 g/mol. The lowest BCUT2D eigenvalue weighted by Gasteiger charge is -2.14. The van der Waals surface area contributed by atoms with Crippen molar-refractivity contribution in [1.29, 1.82) is 0 Å². The van der Waals surface area contributed by atoms with E-state index in [4.69, 9.17) is 10.8 Å². The van der Waals surface area contributed by atoms with Crippen LogP contribution in [0.4, 0.5) is 0 Å². The summed E-state index contributed by atoms with van der Waals surface area (Å²) < 4.78 is 0. The van der Waals surface area contributed by atoms with Gasteiger partial charge < -0.3 is 10.8 Å². The highest BCUT2D eigenvalue weighted by Gasteiger charge is 2.03. The molecule has 0 unspecified atom stereocenters. The Morgan fingerprint density at radius 2 is 2.28 bits per heavy atom. The van der Waals surface area contributed by atoms with Gasteiger partial charge in [0.05, 0.1) is 13.2 Å². The van der Waals surface area contributed by atoms with Crippen LogP contribution in [0, 0.1) is 11.8 Å². The van der Waals surface area contributed by atoms with Crippen LogP contribution in [-0.4, -0.2) is 36.1 Å². The number of aliphatic hydroxyl groups excluding tert-OH is 1. The molecule has 0 heterocycles. The Labute approximate surface area is 107 Å². The van der Waals surface area contributed by atoms with Crippen molar-refractivity contribution in [2.75, 3.05) is 20.2 Å². The van der Waals surface area contributed by atoms with Gasteiger partial charge in [0.15, 0.2) is 0 Å². The minimum atomic E-state index is -0.337. The first-order chi connectivity index (χ1) is 8.61. The first kappa shape index (κ1) is 14.2.